The van der Waals surface area contributed by atoms with Crippen molar-refractivity contribution in [2.75, 3.05) is 24.6 Å². The van der Waals surface area contributed by atoms with Gasteiger partial charge in [0.05, 0.1) is 5.92 Å². The highest BCUT2D eigenvalue weighted by Gasteiger charge is 2.32. The third-order valence-electron chi connectivity index (χ3n) is 3.36. The van der Waals surface area contributed by atoms with Gasteiger partial charge in [-0.05, 0) is 25.0 Å². The molecule has 2 atom stereocenters. The van der Waals surface area contributed by atoms with Gasteiger partial charge >= 0.3 is 5.97 Å². The minimum atomic E-state index is -0.765. The molecule has 2 fully saturated rings. The molecule has 2 saturated heterocycles. The maximum absolute atomic E-state index is 12.1. The monoisotopic (exact) mass is 243 g/mol. The van der Waals surface area contributed by atoms with Crippen LogP contribution in [0.3, 0.4) is 0 Å². The number of hydrogen-bond donors (Lipinski definition) is 1. The molecule has 2 aliphatic rings. The largest absolute Gasteiger partial charge is 0.481 e. The van der Waals surface area contributed by atoms with Crippen molar-refractivity contribution in [2.45, 2.75) is 19.3 Å². The van der Waals surface area contributed by atoms with Crippen LogP contribution in [0.1, 0.15) is 19.3 Å². The molecule has 0 aromatic rings. The SMILES string of the molecule is O=C(O)[C@@H]1CCCN(C(=O)C2CCSC2)C1. The zero-order valence-electron chi connectivity index (χ0n) is 9.22. The fraction of sp³-hybridized carbons (Fsp3) is 0.818. The van der Waals surface area contributed by atoms with Crippen molar-refractivity contribution in [3.63, 3.8) is 0 Å². The Morgan fingerprint density at radius 1 is 1.25 bits per heavy atom. The third kappa shape index (κ3) is 2.51. The van der Waals surface area contributed by atoms with Crippen LogP contribution in [0.15, 0.2) is 0 Å². The third-order valence-corrected chi connectivity index (χ3v) is 4.52. The van der Waals surface area contributed by atoms with E-state index in [1.54, 1.807) is 4.90 Å². The number of rotatable bonds is 2. The van der Waals surface area contributed by atoms with Gasteiger partial charge in [0.2, 0.25) is 5.91 Å². The Hall–Kier alpha value is -0.710. The number of likely N-dealkylation sites (tertiary alicyclic amines) is 1. The van der Waals surface area contributed by atoms with Gasteiger partial charge in [-0.2, -0.15) is 11.8 Å². The fourth-order valence-corrected chi connectivity index (χ4v) is 3.58. The van der Waals surface area contributed by atoms with E-state index in [0.717, 1.165) is 30.9 Å². The normalized spacial score (nSPS) is 30.4. The number of hydrogen-bond acceptors (Lipinski definition) is 3. The average Bonchev–Trinajstić information content (AvgIpc) is 2.81. The summed E-state index contributed by atoms with van der Waals surface area (Å²) in [5.41, 5.74) is 0. The molecule has 0 saturated carbocycles. The van der Waals surface area contributed by atoms with Crippen LogP contribution in [-0.4, -0.2) is 46.5 Å². The number of amides is 1. The van der Waals surface area contributed by atoms with Gasteiger partial charge in [-0.1, -0.05) is 0 Å². The van der Waals surface area contributed by atoms with Crippen LogP contribution in [0.4, 0.5) is 0 Å². The molecule has 2 aliphatic heterocycles. The van der Waals surface area contributed by atoms with Crippen LogP contribution in [0, 0.1) is 11.8 Å². The van der Waals surface area contributed by atoms with Crippen LogP contribution in [0.5, 0.6) is 0 Å². The van der Waals surface area contributed by atoms with Crippen molar-refractivity contribution >= 4 is 23.6 Å². The Balaban J connectivity index is 1.93. The van der Waals surface area contributed by atoms with Crippen molar-refractivity contribution in [3.8, 4) is 0 Å². The first kappa shape index (κ1) is 11.8. The van der Waals surface area contributed by atoms with E-state index in [1.807, 2.05) is 11.8 Å². The summed E-state index contributed by atoms with van der Waals surface area (Å²) >= 11 is 1.82. The van der Waals surface area contributed by atoms with E-state index in [2.05, 4.69) is 0 Å². The number of piperidine rings is 1. The molecule has 0 aromatic heterocycles. The lowest BCUT2D eigenvalue weighted by molar-refractivity contribution is -0.146. The van der Waals surface area contributed by atoms with E-state index in [0.29, 0.717) is 13.0 Å². The molecule has 16 heavy (non-hydrogen) atoms. The Morgan fingerprint density at radius 2 is 2.06 bits per heavy atom. The predicted molar refractivity (Wildman–Crippen MR) is 62.4 cm³/mol. The molecule has 5 heteroatoms. The van der Waals surface area contributed by atoms with Gasteiger partial charge in [0.1, 0.15) is 0 Å². The van der Waals surface area contributed by atoms with Gasteiger partial charge in [-0.15, -0.1) is 0 Å². The number of carbonyl (C=O) groups excluding carboxylic acids is 1. The van der Waals surface area contributed by atoms with Gasteiger partial charge in [-0.25, -0.2) is 0 Å². The summed E-state index contributed by atoms with van der Waals surface area (Å²) in [7, 11) is 0. The number of carbonyl (C=O) groups is 2. The molecule has 90 valence electrons. The summed E-state index contributed by atoms with van der Waals surface area (Å²) in [5.74, 6) is 1.17. The molecule has 1 N–H and O–H groups in total. The topological polar surface area (TPSA) is 57.6 Å². The van der Waals surface area contributed by atoms with Crippen molar-refractivity contribution in [1.82, 2.24) is 4.90 Å². The average molecular weight is 243 g/mol. The smallest absolute Gasteiger partial charge is 0.308 e. The molecule has 1 amide bonds. The van der Waals surface area contributed by atoms with Crippen LogP contribution < -0.4 is 0 Å². The van der Waals surface area contributed by atoms with E-state index >= 15 is 0 Å². The summed E-state index contributed by atoms with van der Waals surface area (Å²) in [5, 5.41) is 8.96. The minimum Gasteiger partial charge on any atom is -0.481 e. The van der Waals surface area contributed by atoms with E-state index in [1.165, 1.54) is 0 Å². The number of aliphatic carboxylic acids is 1. The molecular formula is C11H17NO3S. The predicted octanol–water partition coefficient (Wildman–Crippen LogP) is 1.06. The number of nitrogens with zero attached hydrogens (tertiary/aromatic N) is 1. The molecule has 0 radical (unpaired) electrons. The zero-order chi connectivity index (χ0) is 11.5. The number of carboxylic acids is 1. The van der Waals surface area contributed by atoms with E-state index < -0.39 is 5.97 Å². The number of carboxylic acid groups (broad SMARTS) is 1. The van der Waals surface area contributed by atoms with Crippen LogP contribution >= 0.6 is 11.8 Å². The fourth-order valence-electron chi connectivity index (χ4n) is 2.37. The lowest BCUT2D eigenvalue weighted by atomic mass is 9.96. The molecule has 0 aromatic carbocycles. The zero-order valence-corrected chi connectivity index (χ0v) is 10.0. The molecule has 2 heterocycles. The maximum Gasteiger partial charge on any atom is 0.308 e. The second-order valence-electron chi connectivity index (χ2n) is 4.52. The van der Waals surface area contributed by atoms with Gasteiger partial charge in [0.25, 0.3) is 0 Å². The molecule has 0 bridgehead atoms. The van der Waals surface area contributed by atoms with Gasteiger partial charge < -0.3 is 10.0 Å². The highest BCUT2D eigenvalue weighted by molar-refractivity contribution is 7.99. The van der Waals surface area contributed by atoms with Crippen LogP contribution in [0.2, 0.25) is 0 Å². The standard InChI is InChI=1S/C11H17NO3S/c13-10(9-3-5-16-7-9)12-4-1-2-8(6-12)11(14)15/h8-9H,1-7H2,(H,14,15)/t8-,9?/m1/s1. The Kier molecular flexibility index (Phi) is 3.74. The minimum absolute atomic E-state index is 0.137. The Labute approximate surface area is 99.4 Å². The Bertz CT molecular complexity index is 289. The van der Waals surface area contributed by atoms with Crippen molar-refractivity contribution in [3.05, 3.63) is 0 Å². The van der Waals surface area contributed by atoms with E-state index in [4.69, 9.17) is 5.11 Å². The molecule has 1 unspecified atom stereocenters. The molecule has 4 nitrogen and oxygen atoms in total. The summed E-state index contributed by atoms with van der Waals surface area (Å²) < 4.78 is 0. The summed E-state index contributed by atoms with van der Waals surface area (Å²) in [6, 6.07) is 0. The Morgan fingerprint density at radius 3 is 2.69 bits per heavy atom. The summed E-state index contributed by atoms with van der Waals surface area (Å²) in [6.45, 7) is 1.15. The molecule has 0 spiro atoms. The highest BCUT2D eigenvalue weighted by Crippen LogP contribution is 2.27. The van der Waals surface area contributed by atoms with Crippen LogP contribution in [0.25, 0.3) is 0 Å². The van der Waals surface area contributed by atoms with Gasteiger partial charge in [0, 0.05) is 24.8 Å². The first-order valence-corrected chi connectivity index (χ1v) is 6.93. The first-order valence-electron chi connectivity index (χ1n) is 5.78. The second kappa shape index (κ2) is 5.08. The highest BCUT2D eigenvalue weighted by atomic mass is 32.2. The van der Waals surface area contributed by atoms with Gasteiger partial charge in [-0.3, -0.25) is 9.59 Å². The summed E-state index contributed by atoms with van der Waals surface area (Å²) in [6.07, 6.45) is 2.48. The van der Waals surface area contributed by atoms with Crippen molar-refractivity contribution < 1.29 is 14.7 Å². The molecule has 2 rings (SSSR count). The van der Waals surface area contributed by atoms with Crippen molar-refractivity contribution in [1.29, 1.82) is 0 Å². The van der Waals surface area contributed by atoms with Gasteiger partial charge in [0.15, 0.2) is 0 Å². The lowest BCUT2D eigenvalue weighted by Crippen LogP contribution is -2.44. The number of thioether (sulfide) groups is 1. The molecular weight excluding hydrogens is 226 g/mol. The first-order chi connectivity index (χ1) is 7.68. The van der Waals surface area contributed by atoms with Crippen LogP contribution in [-0.2, 0) is 9.59 Å². The quantitative estimate of drug-likeness (QED) is 0.788. The van der Waals surface area contributed by atoms with E-state index in [9.17, 15) is 9.59 Å². The summed E-state index contributed by atoms with van der Waals surface area (Å²) in [4.78, 5) is 24.8. The molecule has 0 aliphatic carbocycles. The maximum atomic E-state index is 12.1. The van der Waals surface area contributed by atoms with Crippen molar-refractivity contribution in [2.24, 2.45) is 11.8 Å². The second-order valence-corrected chi connectivity index (χ2v) is 5.67. The van der Waals surface area contributed by atoms with E-state index in [-0.39, 0.29) is 17.7 Å². The lowest BCUT2D eigenvalue weighted by Gasteiger charge is -2.32.